The van der Waals surface area contributed by atoms with Gasteiger partial charge in [0.05, 0.1) is 17.7 Å². The number of carbonyl (C=O) groups excluding carboxylic acids is 1. The highest BCUT2D eigenvalue weighted by Crippen LogP contribution is 2.45. The lowest BCUT2D eigenvalue weighted by molar-refractivity contribution is -0.126. The first-order chi connectivity index (χ1) is 18.3. The lowest BCUT2D eigenvalue weighted by atomic mass is 9.72. The van der Waals surface area contributed by atoms with E-state index >= 15 is 0 Å². The van der Waals surface area contributed by atoms with Crippen molar-refractivity contribution in [1.82, 2.24) is 4.98 Å². The normalized spacial score (nSPS) is 24.4. The molecule has 2 heterocycles. The molecule has 0 bridgehead atoms. The van der Waals surface area contributed by atoms with Crippen LogP contribution >= 0.6 is 0 Å². The van der Waals surface area contributed by atoms with Crippen LogP contribution in [0.25, 0.3) is 11.3 Å². The maximum atomic E-state index is 14.7. The molecule has 4 rings (SSSR count). The van der Waals surface area contributed by atoms with Crippen LogP contribution in [-0.2, 0) is 19.9 Å². The lowest BCUT2D eigenvalue weighted by Crippen LogP contribution is -2.39. The predicted molar refractivity (Wildman–Crippen MR) is 152 cm³/mol. The van der Waals surface area contributed by atoms with Crippen molar-refractivity contribution in [3.63, 3.8) is 0 Å². The fourth-order valence-corrected chi connectivity index (χ4v) is 6.76. The van der Waals surface area contributed by atoms with Gasteiger partial charge < -0.3 is 9.32 Å². The Labute approximate surface area is 232 Å². The molecule has 212 valence electrons. The highest BCUT2D eigenvalue weighted by Gasteiger charge is 2.41. The lowest BCUT2D eigenvalue weighted by Gasteiger charge is -2.32. The Bertz CT molecular complexity index is 1310. The van der Waals surface area contributed by atoms with Crippen molar-refractivity contribution in [2.24, 2.45) is 17.8 Å². The molecule has 1 saturated heterocycles. The van der Waals surface area contributed by atoms with Gasteiger partial charge in [-0.05, 0) is 49.4 Å². The number of nitrogens with zero attached hydrogens (tertiary/aromatic N) is 3. The van der Waals surface area contributed by atoms with Crippen LogP contribution in [0.4, 0.5) is 10.1 Å². The molecule has 1 aromatic heterocycles. The number of anilines is 1. The molecule has 1 saturated carbocycles. The Morgan fingerprint density at radius 1 is 1.23 bits per heavy atom. The van der Waals surface area contributed by atoms with E-state index in [0.717, 1.165) is 11.3 Å². The number of Topliss-reactive ketones (excluding diaryl/α,β-unsaturated/α-hetero) is 1. The monoisotopic (exact) mass is 556 g/mol. The number of benzene rings is 1. The molecule has 1 N–H and O–H groups in total. The van der Waals surface area contributed by atoms with Crippen LogP contribution in [-0.4, -0.2) is 45.7 Å². The van der Waals surface area contributed by atoms with Crippen molar-refractivity contribution in [2.75, 3.05) is 29.5 Å². The van der Waals surface area contributed by atoms with Crippen molar-refractivity contribution in [3.8, 4) is 17.4 Å². The molecular formula is C30H41FN4O3S. The molecule has 0 amide bonds. The van der Waals surface area contributed by atoms with Crippen molar-refractivity contribution in [3.05, 3.63) is 35.9 Å². The minimum atomic E-state index is -2.47. The first kappa shape index (κ1) is 29.3. The van der Waals surface area contributed by atoms with Gasteiger partial charge in [0.15, 0.2) is 5.76 Å². The molecule has 1 aromatic carbocycles. The maximum absolute atomic E-state index is 14.7. The first-order valence-corrected chi connectivity index (χ1v) is 15.9. The molecule has 2 aromatic rings. The summed E-state index contributed by atoms with van der Waals surface area (Å²) in [6.07, 6.45) is 0.0811. The summed E-state index contributed by atoms with van der Waals surface area (Å²) in [4.78, 5) is 20.6. The Balaban J connectivity index is 1.68. The summed E-state index contributed by atoms with van der Waals surface area (Å²) < 4.78 is 40.9. The van der Waals surface area contributed by atoms with Crippen LogP contribution in [0.3, 0.4) is 0 Å². The molecule has 1 aliphatic carbocycles. The highest BCUT2D eigenvalue weighted by atomic mass is 32.2. The number of hydrogen-bond donors (Lipinski definition) is 1. The van der Waals surface area contributed by atoms with Crippen LogP contribution in [0, 0.1) is 33.9 Å². The van der Waals surface area contributed by atoms with Crippen molar-refractivity contribution in [1.29, 1.82) is 10.0 Å². The van der Waals surface area contributed by atoms with E-state index in [2.05, 4.69) is 11.0 Å². The SMILES string of the molecule is CC(C)[C@@H](C#N)CC(=O)[C@@H]1C[C@@H](F)CC[C@H]1c1nc(C(C)(C)C)oc1-c1ccc(N2CCS(=N)(=O)CC2)cc1. The number of carbonyl (C=O) groups is 1. The number of nitrogens with one attached hydrogen (secondary N) is 1. The minimum Gasteiger partial charge on any atom is -0.440 e. The maximum Gasteiger partial charge on any atom is 0.200 e. The summed E-state index contributed by atoms with van der Waals surface area (Å²) in [5.74, 6) is 0.668. The van der Waals surface area contributed by atoms with E-state index in [1.807, 2.05) is 58.9 Å². The molecule has 0 unspecified atom stereocenters. The third kappa shape index (κ3) is 6.71. The molecule has 1 aliphatic heterocycles. The van der Waals surface area contributed by atoms with Gasteiger partial charge in [-0.2, -0.15) is 5.26 Å². The van der Waals surface area contributed by atoms with Gasteiger partial charge in [0.25, 0.3) is 0 Å². The second kappa shape index (κ2) is 11.4. The van der Waals surface area contributed by atoms with Crippen LogP contribution < -0.4 is 4.90 Å². The number of halogens is 1. The highest BCUT2D eigenvalue weighted by molar-refractivity contribution is 7.92. The summed E-state index contributed by atoms with van der Waals surface area (Å²) in [6, 6.07) is 10.2. The van der Waals surface area contributed by atoms with Gasteiger partial charge in [0, 0.05) is 69.2 Å². The van der Waals surface area contributed by atoms with E-state index in [1.54, 1.807) is 0 Å². The zero-order chi connectivity index (χ0) is 28.5. The van der Waals surface area contributed by atoms with Gasteiger partial charge in [0.1, 0.15) is 12.0 Å². The fourth-order valence-electron chi connectivity index (χ4n) is 5.52. The number of alkyl halides is 1. The molecule has 2 fully saturated rings. The van der Waals surface area contributed by atoms with Crippen LogP contribution in [0.5, 0.6) is 0 Å². The molecule has 39 heavy (non-hydrogen) atoms. The molecule has 0 spiro atoms. The number of nitriles is 1. The summed E-state index contributed by atoms with van der Waals surface area (Å²) in [7, 11) is -2.47. The average molecular weight is 557 g/mol. The van der Waals surface area contributed by atoms with E-state index in [9.17, 15) is 18.7 Å². The zero-order valence-electron chi connectivity index (χ0n) is 23.7. The number of hydrogen-bond acceptors (Lipinski definition) is 7. The summed E-state index contributed by atoms with van der Waals surface area (Å²) in [5, 5.41) is 9.58. The largest absolute Gasteiger partial charge is 0.440 e. The molecule has 7 nitrogen and oxygen atoms in total. The number of oxazole rings is 1. The Morgan fingerprint density at radius 2 is 1.87 bits per heavy atom. The Hall–Kier alpha value is -2.73. The standard InChI is InChI=1S/C30H41FN4O3S/c1-19(2)21(18-32)16-26(36)25-17-22(31)8-11-24(25)27-28(38-29(34-27)30(3,4)5)20-6-9-23(10-7-20)35-12-14-39(33,37)15-13-35/h6-7,9-10,19,21-22,24-25,33H,8,11-17H2,1-5H3/t21-,22+,24-,25-/m1/s1. The van der Waals surface area contributed by atoms with Crippen molar-refractivity contribution >= 4 is 21.2 Å². The van der Waals surface area contributed by atoms with Gasteiger partial charge in [-0.15, -0.1) is 0 Å². The Morgan fingerprint density at radius 3 is 2.44 bits per heavy atom. The van der Waals surface area contributed by atoms with Crippen molar-refractivity contribution < 1.29 is 17.8 Å². The van der Waals surface area contributed by atoms with E-state index in [-0.39, 0.29) is 35.9 Å². The smallest absolute Gasteiger partial charge is 0.200 e. The third-order valence-corrected chi connectivity index (χ3v) is 9.80. The quantitative estimate of drug-likeness (QED) is 0.418. The fraction of sp³-hybridized carbons (Fsp3) is 0.633. The van der Waals surface area contributed by atoms with Gasteiger partial charge in [-0.3, -0.25) is 9.57 Å². The molecule has 4 atom stereocenters. The summed E-state index contributed by atoms with van der Waals surface area (Å²) >= 11 is 0. The average Bonchev–Trinajstić information content (AvgIpc) is 3.33. The van der Waals surface area contributed by atoms with E-state index in [0.29, 0.717) is 54.8 Å². The van der Waals surface area contributed by atoms with E-state index in [4.69, 9.17) is 14.2 Å². The van der Waals surface area contributed by atoms with Gasteiger partial charge >= 0.3 is 0 Å². The number of rotatable bonds is 7. The van der Waals surface area contributed by atoms with Crippen molar-refractivity contribution in [2.45, 2.75) is 77.8 Å². The summed E-state index contributed by atoms with van der Waals surface area (Å²) in [6.45, 7) is 11.1. The zero-order valence-corrected chi connectivity index (χ0v) is 24.5. The van der Waals surface area contributed by atoms with Gasteiger partial charge in [-0.1, -0.05) is 34.6 Å². The molecular weight excluding hydrogens is 515 g/mol. The van der Waals surface area contributed by atoms with Gasteiger partial charge in [0.2, 0.25) is 5.89 Å². The van der Waals surface area contributed by atoms with Crippen LogP contribution in [0.15, 0.2) is 28.7 Å². The molecule has 2 aliphatic rings. The number of ketones is 1. The van der Waals surface area contributed by atoms with Crippen LogP contribution in [0.2, 0.25) is 0 Å². The predicted octanol–water partition coefficient (Wildman–Crippen LogP) is 6.48. The van der Waals surface area contributed by atoms with E-state index in [1.165, 1.54) is 0 Å². The topological polar surface area (TPSA) is 111 Å². The Kier molecular flexibility index (Phi) is 8.55. The number of aromatic nitrogens is 1. The second-order valence-corrected chi connectivity index (χ2v) is 15.0. The van der Waals surface area contributed by atoms with Crippen LogP contribution in [0.1, 0.15) is 77.8 Å². The summed E-state index contributed by atoms with van der Waals surface area (Å²) in [5.41, 5.74) is 2.17. The van der Waals surface area contributed by atoms with Gasteiger partial charge in [-0.25, -0.2) is 13.6 Å². The van der Waals surface area contributed by atoms with E-state index < -0.39 is 27.7 Å². The third-order valence-electron chi connectivity index (χ3n) is 8.11. The minimum absolute atomic E-state index is 0.0447. The molecule has 0 radical (unpaired) electrons. The first-order valence-electron chi connectivity index (χ1n) is 14.0. The second-order valence-electron chi connectivity index (χ2n) is 12.5. The molecule has 9 heteroatoms.